The highest BCUT2D eigenvalue weighted by Gasteiger charge is 2.15. The highest BCUT2D eigenvalue weighted by Crippen LogP contribution is 2.21. The number of halogens is 1. The molecule has 1 N–H and O–H groups in total. The molecule has 0 bridgehead atoms. The summed E-state index contributed by atoms with van der Waals surface area (Å²) in [4.78, 5) is 17.4. The van der Waals surface area contributed by atoms with E-state index < -0.39 is 0 Å². The van der Waals surface area contributed by atoms with E-state index in [4.69, 9.17) is 16.6 Å². The maximum atomic E-state index is 12.6. The van der Waals surface area contributed by atoms with Gasteiger partial charge < -0.3 is 9.88 Å². The number of carbonyl (C=O) groups is 1. The molecule has 0 saturated heterocycles. The summed E-state index contributed by atoms with van der Waals surface area (Å²) in [5, 5.41) is 3.40. The Morgan fingerprint density at radius 2 is 1.79 bits per heavy atom. The first-order chi connectivity index (χ1) is 14.0. The molecule has 4 rings (SSSR count). The molecule has 0 unspecified atom stereocenters. The molecule has 29 heavy (non-hydrogen) atoms. The minimum Gasteiger partial charge on any atom is -0.345 e. The van der Waals surface area contributed by atoms with Gasteiger partial charge in [0.05, 0.1) is 28.2 Å². The molecule has 0 radical (unpaired) electrons. The SMILES string of the molecule is Cc1ccc(C)c(Cn2c(CNC(=O)c3ccccc3Cl)nc3ccccc32)c1. The Morgan fingerprint density at radius 3 is 2.62 bits per heavy atom. The average molecular weight is 404 g/mol. The third-order valence-electron chi connectivity index (χ3n) is 5.09. The lowest BCUT2D eigenvalue weighted by molar-refractivity contribution is 0.0949. The van der Waals surface area contributed by atoms with E-state index in [1.807, 2.05) is 24.3 Å². The van der Waals surface area contributed by atoms with Crippen LogP contribution in [0, 0.1) is 13.8 Å². The fraction of sp³-hybridized carbons (Fsp3) is 0.167. The third kappa shape index (κ3) is 4.03. The Morgan fingerprint density at radius 1 is 1.03 bits per heavy atom. The topological polar surface area (TPSA) is 46.9 Å². The maximum Gasteiger partial charge on any atom is 0.253 e. The molecule has 3 aromatic carbocycles. The van der Waals surface area contributed by atoms with Gasteiger partial charge in [0.15, 0.2) is 0 Å². The van der Waals surface area contributed by atoms with Gasteiger partial charge in [-0.05, 0) is 49.2 Å². The van der Waals surface area contributed by atoms with Gasteiger partial charge >= 0.3 is 0 Å². The van der Waals surface area contributed by atoms with E-state index in [0.29, 0.717) is 23.7 Å². The molecule has 0 aliphatic heterocycles. The molecule has 146 valence electrons. The van der Waals surface area contributed by atoms with Crippen molar-refractivity contribution in [3.05, 3.63) is 99.8 Å². The molecule has 0 fully saturated rings. The average Bonchev–Trinajstić information content (AvgIpc) is 3.07. The van der Waals surface area contributed by atoms with Crippen molar-refractivity contribution >= 4 is 28.5 Å². The number of rotatable bonds is 5. The first-order valence-corrected chi connectivity index (χ1v) is 9.94. The fourth-order valence-corrected chi connectivity index (χ4v) is 3.70. The van der Waals surface area contributed by atoms with Gasteiger partial charge in [-0.25, -0.2) is 4.98 Å². The molecule has 1 amide bonds. The predicted molar refractivity (Wildman–Crippen MR) is 117 cm³/mol. The van der Waals surface area contributed by atoms with Gasteiger partial charge in [-0.3, -0.25) is 4.79 Å². The number of aryl methyl sites for hydroxylation is 2. The van der Waals surface area contributed by atoms with E-state index in [0.717, 1.165) is 16.9 Å². The van der Waals surface area contributed by atoms with E-state index in [2.05, 4.69) is 48.0 Å². The smallest absolute Gasteiger partial charge is 0.253 e. The van der Waals surface area contributed by atoms with E-state index >= 15 is 0 Å². The van der Waals surface area contributed by atoms with Gasteiger partial charge in [0, 0.05) is 6.54 Å². The number of fused-ring (bicyclic) bond motifs is 1. The van der Waals surface area contributed by atoms with Crippen molar-refractivity contribution < 1.29 is 4.79 Å². The largest absolute Gasteiger partial charge is 0.345 e. The van der Waals surface area contributed by atoms with Gasteiger partial charge in [0.1, 0.15) is 5.82 Å². The van der Waals surface area contributed by atoms with E-state index in [-0.39, 0.29) is 5.91 Å². The lowest BCUT2D eigenvalue weighted by Crippen LogP contribution is -2.25. The van der Waals surface area contributed by atoms with Crippen molar-refractivity contribution in [2.45, 2.75) is 26.9 Å². The summed E-state index contributed by atoms with van der Waals surface area (Å²) in [5.74, 6) is 0.605. The van der Waals surface area contributed by atoms with Crippen molar-refractivity contribution in [1.29, 1.82) is 0 Å². The summed E-state index contributed by atoms with van der Waals surface area (Å²) >= 11 is 6.15. The minimum atomic E-state index is -0.207. The van der Waals surface area contributed by atoms with Crippen LogP contribution < -0.4 is 5.32 Å². The van der Waals surface area contributed by atoms with Crippen LogP contribution >= 0.6 is 11.6 Å². The molecule has 4 nitrogen and oxygen atoms in total. The highest BCUT2D eigenvalue weighted by molar-refractivity contribution is 6.33. The molecule has 0 atom stereocenters. The van der Waals surface area contributed by atoms with Crippen LogP contribution in [0.25, 0.3) is 11.0 Å². The van der Waals surface area contributed by atoms with Crippen molar-refractivity contribution in [2.24, 2.45) is 0 Å². The number of hydrogen-bond donors (Lipinski definition) is 1. The van der Waals surface area contributed by atoms with Crippen LogP contribution in [0.5, 0.6) is 0 Å². The number of benzene rings is 3. The Hall–Kier alpha value is -3.11. The number of aromatic nitrogens is 2. The Bertz CT molecular complexity index is 1200. The molecular weight excluding hydrogens is 382 g/mol. The Balaban J connectivity index is 1.66. The second-order valence-electron chi connectivity index (χ2n) is 7.20. The van der Waals surface area contributed by atoms with Crippen LogP contribution in [0.1, 0.15) is 32.9 Å². The lowest BCUT2D eigenvalue weighted by Gasteiger charge is -2.13. The van der Waals surface area contributed by atoms with Crippen molar-refractivity contribution in [3.8, 4) is 0 Å². The van der Waals surface area contributed by atoms with Crippen molar-refractivity contribution in [3.63, 3.8) is 0 Å². The molecule has 4 aromatic rings. The Kier molecular flexibility index (Phi) is 5.36. The number of nitrogens with one attached hydrogen (secondary N) is 1. The number of amides is 1. The molecule has 0 aliphatic rings. The number of imidazole rings is 1. The number of para-hydroxylation sites is 2. The third-order valence-corrected chi connectivity index (χ3v) is 5.42. The first-order valence-electron chi connectivity index (χ1n) is 9.56. The van der Waals surface area contributed by atoms with E-state index in [1.165, 1.54) is 16.7 Å². The summed E-state index contributed by atoms with van der Waals surface area (Å²) in [6.45, 7) is 5.24. The summed E-state index contributed by atoms with van der Waals surface area (Å²) < 4.78 is 2.17. The molecular formula is C24H22ClN3O. The molecule has 0 aliphatic carbocycles. The van der Waals surface area contributed by atoms with Gasteiger partial charge in [0.2, 0.25) is 0 Å². The molecule has 0 spiro atoms. The zero-order valence-electron chi connectivity index (χ0n) is 16.4. The van der Waals surface area contributed by atoms with Gasteiger partial charge in [-0.2, -0.15) is 0 Å². The van der Waals surface area contributed by atoms with Gasteiger partial charge in [-0.15, -0.1) is 0 Å². The first kappa shape index (κ1) is 19.2. The van der Waals surface area contributed by atoms with Crippen LogP contribution in [0.3, 0.4) is 0 Å². The van der Waals surface area contributed by atoms with Crippen molar-refractivity contribution in [1.82, 2.24) is 14.9 Å². The molecule has 0 saturated carbocycles. The van der Waals surface area contributed by atoms with Gasteiger partial charge in [0.25, 0.3) is 5.91 Å². The summed E-state index contributed by atoms with van der Waals surface area (Å²) in [5.41, 5.74) is 6.14. The summed E-state index contributed by atoms with van der Waals surface area (Å²) in [6, 6.07) is 21.6. The van der Waals surface area contributed by atoms with Gasteiger partial charge in [-0.1, -0.05) is 59.6 Å². The standard InChI is InChI=1S/C24H22ClN3O/c1-16-11-12-17(2)18(13-16)15-28-22-10-6-5-9-21(22)27-23(28)14-26-24(29)19-7-3-4-8-20(19)25/h3-13H,14-15H2,1-2H3,(H,26,29). The number of carbonyl (C=O) groups excluding carboxylic acids is 1. The zero-order valence-corrected chi connectivity index (χ0v) is 17.2. The van der Waals surface area contributed by atoms with E-state index in [9.17, 15) is 4.79 Å². The predicted octanol–water partition coefficient (Wildman–Crippen LogP) is 5.28. The highest BCUT2D eigenvalue weighted by atomic mass is 35.5. The second kappa shape index (κ2) is 8.10. The Labute approximate surface area is 175 Å². The van der Waals surface area contributed by atoms with Crippen LogP contribution in [0.15, 0.2) is 66.7 Å². The molecule has 1 heterocycles. The second-order valence-corrected chi connectivity index (χ2v) is 7.60. The number of nitrogens with zero attached hydrogens (tertiary/aromatic N) is 2. The molecule has 1 aromatic heterocycles. The monoisotopic (exact) mass is 403 g/mol. The number of hydrogen-bond acceptors (Lipinski definition) is 2. The summed E-state index contributed by atoms with van der Waals surface area (Å²) in [6.07, 6.45) is 0. The normalized spacial score (nSPS) is 11.0. The van der Waals surface area contributed by atoms with Crippen LogP contribution in [-0.2, 0) is 13.1 Å². The fourth-order valence-electron chi connectivity index (χ4n) is 3.48. The van der Waals surface area contributed by atoms with E-state index in [1.54, 1.807) is 18.2 Å². The lowest BCUT2D eigenvalue weighted by atomic mass is 10.1. The van der Waals surface area contributed by atoms with Crippen LogP contribution in [0.2, 0.25) is 5.02 Å². The van der Waals surface area contributed by atoms with Crippen LogP contribution in [-0.4, -0.2) is 15.5 Å². The van der Waals surface area contributed by atoms with Crippen molar-refractivity contribution in [2.75, 3.05) is 0 Å². The molecule has 5 heteroatoms. The maximum absolute atomic E-state index is 12.6. The zero-order chi connectivity index (χ0) is 20.4. The summed E-state index contributed by atoms with van der Waals surface area (Å²) in [7, 11) is 0. The van der Waals surface area contributed by atoms with Crippen LogP contribution in [0.4, 0.5) is 0 Å². The quantitative estimate of drug-likeness (QED) is 0.492. The minimum absolute atomic E-state index is 0.207.